The molecule has 0 bridgehead atoms. The highest BCUT2D eigenvalue weighted by Crippen LogP contribution is 2.10. The van der Waals surface area contributed by atoms with Crippen LogP contribution in [0.25, 0.3) is 0 Å². The summed E-state index contributed by atoms with van der Waals surface area (Å²) in [7, 11) is 0. The highest BCUT2D eigenvalue weighted by Gasteiger charge is 2.16. The molecule has 0 unspecified atom stereocenters. The van der Waals surface area contributed by atoms with E-state index in [0.717, 1.165) is 30.8 Å². The molecule has 0 aromatic heterocycles. The number of nitrogens with two attached hydrogens (primary N) is 1. The maximum absolute atomic E-state index is 11.5. The van der Waals surface area contributed by atoms with E-state index in [9.17, 15) is 4.79 Å². The molecule has 0 spiro atoms. The van der Waals surface area contributed by atoms with Crippen LogP contribution in [0.1, 0.15) is 12.0 Å². The van der Waals surface area contributed by atoms with E-state index >= 15 is 0 Å². The molecule has 1 aromatic carbocycles. The molecule has 3 N–H and O–H groups in total. The van der Waals surface area contributed by atoms with Gasteiger partial charge in [-0.05, 0) is 24.1 Å². The first-order chi connectivity index (χ1) is 7.25. The Morgan fingerprint density at radius 2 is 2.07 bits per heavy atom. The van der Waals surface area contributed by atoms with Crippen LogP contribution >= 0.6 is 0 Å². The predicted octanol–water partition coefficient (Wildman–Crippen LogP) is 1.18. The second-order valence-corrected chi connectivity index (χ2v) is 3.75. The van der Waals surface area contributed by atoms with Crippen LogP contribution in [-0.2, 0) is 6.54 Å². The topological polar surface area (TPSA) is 58.4 Å². The maximum atomic E-state index is 11.5. The molecule has 1 fully saturated rings. The van der Waals surface area contributed by atoms with E-state index in [1.54, 1.807) is 0 Å². The Bertz CT molecular complexity index is 347. The quantitative estimate of drug-likeness (QED) is 0.712. The van der Waals surface area contributed by atoms with Crippen LogP contribution in [0.15, 0.2) is 24.3 Å². The van der Waals surface area contributed by atoms with E-state index in [2.05, 4.69) is 5.32 Å². The number of hydrogen-bond donors (Lipinski definition) is 2. The molecule has 2 rings (SSSR count). The summed E-state index contributed by atoms with van der Waals surface area (Å²) in [5.41, 5.74) is 7.46. The molecule has 1 aliphatic rings. The van der Waals surface area contributed by atoms with Gasteiger partial charge in [0.25, 0.3) is 0 Å². The molecule has 2 amide bonds. The molecule has 80 valence electrons. The van der Waals surface area contributed by atoms with E-state index in [0.29, 0.717) is 6.54 Å². The number of carbonyl (C=O) groups excluding carboxylic acids is 1. The molecule has 0 saturated carbocycles. The minimum Gasteiger partial charge on any atom is -0.399 e. The summed E-state index contributed by atoms with van der Waals surface area (Å²) in [5.74, 6) is 0. The van der Waals surface area contributed by atoms with Crippen molar-refractivity contribution in [3.8, 4) is 0 Å². The summed E-state index contributed by atoms with van der Waals surface area (Å²) < 4.78 is 0. The van der Waals surface area contributed by atoms with Crippen molar-refractivity contribution in [3.63, 3.8) is 0 Å². The molecule has 4 heteroatoms. The molecule has 0 aliphatic carbocycles. The largest absolute Gasteiger partial charge is 0.399 e. The predicted molar refractivity (Wildman–Crippen MR) is 59.3 cm³/mol. The summed E-state index contributed by atoms with van der Waals surface area (Å²) in [6.45, 7) is 2.28. The fourth-order valence-electron chi connectivity index (χ4n) is 1.67. The maximum Gasteiger partial charge on any atom is 0.317 e. The minimum atomic E-state index is 0.0260. The number of anilines is 1. The Morgan fingerprint density at radius 3 is 2.73 bits per heavy atom. The van der Waals surface area contributed by atoms with Gasteiger partial charge in [-0.3, -0.25) is 0 Å². The van der Waals surface area contributed by atoms with Gasteiger partial charge in [-0.25, -0.2) is 4.79 Å². The highest BCUT2D eigenvalue weighted by atomic mass is 16.2. The number of nitrogen functional groups attached to an aromatic ring is 1. The molecule has 0 radical (unpaired) electrons. The Kier molecular flexibility index (Phi) is 2.76. The monoisotopic (exact) mass is 205 g/mol. The zero-order chi connectivity index (χ0) is 10.7. The molecular formula is C11H15N3O. The van der Waals surface area contributed by atoms with Crippen molar-refractivity contribution >= 4 is 11.7 Å². The minimum absolute atomic E-state index is 0.0260. The molecule has 4 nitrogen and oxygen atoms in total. The molecule has 1 heterocycles. The van der Waals surface area contributed by atoms with E-state index in [1.165, 1.54) is 0 Å². The van der Waals surface area contributed by atoms with Gasteiger partial charge in [0.05, 0.1) is 0 Å². The van der Waals surface area contributed by atoms with Crippen molar-refractivity contribution in [2.45, 2.75) is 13.0 Å². The van der Waals surface area contributed by atoms with Gasteiger partial charge in [0.15, 0.2) is 0 Å². The Labute approximate surface area is 89.1 Å². The number of amides is 2. The summed E-state index contributed by atoms with van der Waals surface area (Å²) in [5, 5.41) is 2.83. The Morgan fingerprint density at radius 1 is 1.33 bits per heavy atom. The zero-order valence-electron chi connectivity index (χ0n) is 8.57. The van der Waals surface area contributed by atoms with Crippen molar-refractivity contribution < 1.29 is 4.79 Å². The van der Waals surface area contributed by atoms with Gasteiger partial charge in [0.1, 0.15) is 0 Å². The van der Waals surface area contributed by atoms with Crippen molar-refractivity contribution in [1.29, 1.82) is 0 Å². The number of urea groups is 1. The third-order valence-corrected chi connectivity index (χ3v) is 2.52. The van der Waals surface area contributed by atoms with Crippen molar-refractivity contribution in [1.82, 2.24) is 10.2 Å². The first-order valence-electron chi connectivity index (χ1n) is 5.13. The fourth-order valence-corrected chi connectivity index (χ4v) is 1.67. The lowest BCUT2D eigenvalue weighted by molar-refractivity contribution is 0.183. The number of benzene rings is 1. The van der Waals surface area contributed by atoms with Crippen molar-refractivity contribution in [2.75, 3.05) is 18.8 Å². The van der Waals surface area contributed by atoms with Crippen LogP contribution in [0, 0.1) is 0 Å². The van der Waals surface area contributed by atoms with Gasteiger partial charge in [-0.2, -0.15) is 0 Å². The van der Waals surface area contributed by atoms with E-state index in [-0.39, 0.29) is 6.03 Å². The van der Waals surface area contributed by atoms with Crippen LogP contribution in [0.5, 0.6) is 0 Å². The van der Waals surface area contributed by atoms with Crippen LogP contribution in [0.3, 0.4) is 0 Å². The van der Waals surface area contributed by atoms with Gasteiger partial charge in [0, 0.05) is 25.3 Å². The Balaban J connectivity index is 2.01. The van der Waals surface area contributed by atoms with Gasteiger partial charge in [0.2, 0.25) is 0 Å². The van der Waals surface area contributed by atoms with E-state index in [1.807, 2.05) is 29.2 Å². The smallest absolute Gasteiger partial charge is 0.317 e. The number of nitrogens with one attached hydrogen (secondary N) is 1. The summed E-state index contributed by atoms with van der Waals surface area (Å²) >= 11 is 0. The van der Waals surface area contributed by atoms with Crippen LogP contribution in [0.2, 0.25) is 0 Å². The average molecular weight is 205 g/mol. The molecule has 0 atom stereocenters. The molecule has 1 saturated heterocycles. The van der Waals surface area contributed by atoms with Gasteiger partial charge < -0.3 is 16.0 Å². The first kappa shape index (κ1) is 9.83. The summed E-state index contributed by atoms with van der Waals surface area (Å²) in [6.07, 6.45) is 1.01. The average Bonchev–Trinajstić information content (AvgIpc) is 2.25. The van der Waals surface area contributed by atoms with Crippen molar-refractivity contribution in [2.24, 2.45) is 0 Å². The van der Waals surface area contributed by atoms with Gasteiger partial charge in [-0.15, -0.1) is 0 Å². The molecular weight excluding hydrogens is 190 g/mol. The third-order valence-electron chi connectivity index (χ3n) is 2.52. The number of carbonyl (C=O) groups is 1. The lowest BCUT2D eigenvalue weighted by atomic mass is 10.2. The lowest BCUT2D eigenvalue weighted by Crippen LogP contribution is -2.45. The molecule has 1 aliphatic heterocycles. The van der Waals surface area contributed by atoms with Gasteiger partial charge in [-0.1, -0.05) is 12.1 Å². The number of hydrogen-bond acceptors (Lipinski definition) is 2. The number of nitrogens with zero attached hydrogens (tertiary/aromatic N) is 1. The first-order valence-corrected chi connectivity index (χ1v) is 5.13. The SMILES string of the molecule is Nc1ccc(CN2CCCNC2=O)cc1. The lowest BCUT2D eigenvalue weighted by Gasteiger charge is -2.27. The van der Waals surface area contributed by atoms with Crippen LogP contribution in [0.4, 0.5) is 10.5 Å². The zero-order valence-corrected chi connectivity index (χ0v) is 8.57. The van der Waals surface area contributed by atoms with E-state index in [4.69, 9.17) is 5.73 Å². The molecule has 1 aromatic rings. The fraction of sp³-hybridized carbons (Fsp3) is 0.364. The Hall–Kier alpha value is -1.71. The van der Waals surface area contributed by atoms with Gasteiger partial charge >= 0.3 is 6.03 Å². The standard InChI is InChI=1S/C11H15N3O/c12-10-4-2-9(3-5-10)8-14-7-1-6-13-11(14)15/h2-5H,1,6-8,12H2,(H,13,15). The normalized spacial score (nSPS) is 16.3. The van der Waals surface area contributed by atoms with Crippen LogP contribution in [-0.4, -0.2) is 24.0 Å². The van der Waals surface area contributed by atoms with E-state index < -0.39 is 0 Å². The highest BCUT2D eigenvalue weighted by molar-refractivity contribution is 5.74. The molecule has 15 heavy (non-hydrogen) atoms. The third kappa shape index (κ3) is 2.40. The summed E-state index contributed by atoms with van der Waals surface area (Å²) in [6, 6.07) is 7.65. The van der Waals surface area contributed by atoms with Crippen molar-refractivity contribution in [3.05, 3.63) is 29.8 Å². The second-order valence-electron chi connectivity index (χ2n) is 3.75. The van der Waals surface area contributed by atoms with Crippen LogP contribution < -0.4 is 11.1 Å². The second kappa shape index (κ2) is 4.21. The number of rotatable bonds is 2. The summed E-state index contributed by atoms with van der Waals surface area (Å²) in [4.78, 5) is 13.3.